The lowest BCUT2D eigenvalue weighted by Crippen LogP contribution is -2.51. The molecule has 1 aliphatic heterocycles. The number of aryl methyl sites for hydroxylation is 2. The minimum absolute atomic E-state index is 0.0687. The van der Waals surface area contributed by atoms with Crippen LogP contribution in [0.1, 0.15) is 65.5 Å². The second-order valence-corrected chi connectivity index (χ2v) is 10.0. The van der Waals surface area contributed by atoms with Crippen LogP contribution in [-0.4, -0.2) is 62.9 Å². The monoisotopic (exact) mass is 512 g/mol. The number of piperazine rings is 1. The Morgan fingerprint density at radius 1 is 1.08 bits per heavy atom. The number of rotatable bonds is 4. The number of carbonyl (C=O) groups is 1. The number of carbonyl (C=O) groups excluding carboxylic acids is 1. The molecular formula is C30H33FN6O. The SMILES string of the molecule is CCc1nc(N)nc(-c2ccc(C(=O)N3CCN(C4CCCC4)CC3)c(F)c2)c1C#Cc1ccc(C)nc1. The third-order valence-electron chi connectivity index (χ3n) is 7.49. The van der Waals surface area contributed by atoms with Crippen molar-refractivity contribution >= 4 is 11.9 Å². The van der Waals surface area contributed by atoms with Crippen LogP contribution in [0, 0.1) is 24.6 Å². The van der Waals surface area contributed by atoms with Crippen LogP contribution >= 0.6 is 0 Å². The molecule has 1 aromatic carbocycles. The molecule has 38 heavy (non-hydrogen) atoms. The van der Waals surface area contributed by atoms with E-state index in [1.165, 1.54) is 31.7 Å². The fourth-order valence-electron chi connectivity index (χ4n) is 5.36. The smallest absolute Gasteiger partial charge is 0.256 e. The summed E-state index contributed by atoms with van der Waals surface area (Å²) in [6.07, 6.45) is 7.35. The molecule has 0 radical (unpaired) electrons. The molecule has 7 nitrogen and oxygen atoms in total. The van der Waals surface area contributed by atoms with E-state index in [1.807, 2.05) is 26.0 Å². The Labute approximate surface area is 223 Å². The van der Waals surface area contributed by atoms with Gasteiger partial charge in [-0.1, -0.05) is 37.7 Å². The number of aromatic nitrogens is 3. The Morgan fingerprint density at radius 2 is 1.84 bits per heavy atom. The van der Waals surface area contributed by atoms with Crippen LogP contribution in [0.2, 0.25) is 0 Å². The number of nitrogens with zero attached hydrogens (tertiary/aromatic N) is 5. The number of nitrogens with two attached hydrogens (primary N) is 1. The van der Waals surface area contributed by atoms with Crippen LogP contribution in [0.3, 0.4) is 0 Å². The first-order valence-corrected chi connectivity index (χ1v) is 13.4. The molecule has 0 unspecified atom stereocenters. The highest BCUT2D eigenvalue weighted by atomic mass is 19.1. The van der Waals surface area contributed by atoms with Gasteiger partial charge in [-0.05, 0) is 50.5 Å². The molecule has 0 atom stereocenters. The Bertz CT molecular complexity index is 1380. The summed E-state index contributed by atoms with van der Waals surface area (Å²) in [5.74, 6) is 5.51. The van der Waals surface area contributed by atoms with E-state index in [2.05, 4.69) is 31.7 Å². The number of hydrogen-bond acceptors (Lipinski definition) is 6. The largest absolute Gasteiger partial charge is 0.368 e. The second kappa shape index (κ2) is 11.3. The van der Waals surface area contributed by atoms with E-state index in [4.69, 9.17) is 5.73 Å². The van der Waals surface area contributed by atoms with E-state index in [-0.39, 0.29) is 17.4 Å². The van der Waals surface area contributed by atoms with Crippen molar-refractivity contribution in [3.63, 3.8) is 0 Å². The fourth-order valence-corrected chi connectivity index (χ4v) is 5.36. The van der Waals surface area contributed by atoms with Crippen molar-refractivity contribution in [2.24, 2.45) is 0 Å². The zero-order valence-corrected chi connectivity index (χ0v) is 22.0. The van der Waals surface area contributed by atoms with Crippen LogP contribution in [0.5, 0.6) is 0 Å². The third kappa shape index (κ3) is 5.53. The van der Waals surface area contributed by atoms with E-state index in [0.717, 1.165) is 24.3 Å². The average Bonchev–Trinajstić information content (AvgIpc) is 3.48. The number of anilines is 1. The molecular weight excluding hydrogens is 479 g/mol. The molecule has 1 saturated heterocycles. The van der Waals surface area contributed by atoms with Gasteiger partial charge < -0.3 is 10.6 Å². The number of pyridine rings is 1. The second-order valence-electron chi connectivity index (χ2n) is 10.0. The molecule has 2 aliphatic rings. The van der Waals surface area contributed by atoms with Gasteiger partial charge in [-0.2, -0.15) is 0 Å². The average molecular weight is 513 g/mol. The highest BCUT2D eigenvalue weighted by Crippen LogP contribution is 2.28. The van der Waals surface area contributed by atoms with Gasteiger partial charge in [0.15, 0.2) is 0 Å². The van der Waals surface area contributed by atoms with Crippen molar-refractivity contribution in [1.82, 2.24) is 24.8 Å². The predicted octanol–water partition coefficient (Wildman–Crippen LogP) is 4.23. The molecule has 5 rings (SSSR count). The molecule has 8 heteroatoms. The maximum atomic E-state index is 15.4. The fraction of sp³-hybridized carbons (Fsp3) is 0.400. The molecule has 2 N–H and O–H groups in total. The van der Waals surface area contributed by atoms with Gasteiger partial charge in [0.2, 0.25) is 5.95 Å². The van der Waals surface area contributed by atoms with E-state index in [0.29, 0.717) is 48.1 Å². The molecule has 0 spiro atoms. The maximum Gasteiger partial charge on any atom is 0.256 e. The van der Waals surface area contributed by atoms with E-state index in [9.17, 15) is 4.79 Å². The Kier molecular flexibility index (Phi) is 7.66. The lowest BCUT2D eigenvalue weighted by atomic mass is 10.0. The standard InChI is InChI=1S/C30H33FN6O/c1-3-27-25(12-10-21-9-8-20(2)33-19-21)28(35-30(32)34-27)22-11-13-24(26(31)18-22)29(38)37-16-14-36(15-17-37)23-6-4-5-7-23/h8-9,11,13,18-19,23H,3-7,14-17H2,1-2H3,(H2,32,34,35). The summed E-state index contributed by atoms with van der Waals surface area (Å²) < 4.78 is 15.4. The number of halogens is 1. The minimum atomic E-state index is -0.581. The summed E-state index contributed by atoms with van der Waals surface area (Å²) in [6, 6.07) is 9.03. The van der Waals surface area contributed by atoms with Gasteiger partial charge in [-0.25, -0.2) is 14.4 Å². The van der Waals surface area contributed by atoms with E-state index < -0.39 is 5.82 Å². The minimum Gasteiger partial charge on any atom is -0.368 e. The van der Waals surface area contributed by atoms with Crippen molar-refractivity contribution in [1.29, 1.82) is 0 Å². The van der Waals surface area contributed by atoms with E-state index in [1.54, 1.807) is 23.2 Å². The molecule has 2 aromatic heterocycles. The van der Waals surface area contributed by atoms with E-state index >= 15 is 4.39 Å². The van der Waals surface area contributed by atoms with Crippen LogP contribution < -0.4 is 5.73 Å². The van der Waals surface area contributed by atoms with Crippen molar-refractivity contribution in [2.45, 2.75) is 52.0 Å². The first-order valence-electron chi connectivity index (χ1n) is 13.4. The van der Waals surface area contributed by atoms with Crippen molar-refractivity contribution in [3.05, 3.63) is 70.4 Å². The van der Waals surface area contributed by atoms with Crippen molar-refractivity contribution in [3.8, 4) is 23.1 Å². The quantitative estimate of drug-likeness (QED) is 0.527. The van der Waals surface area contributed by atoms with Gasteiger partial charge >= 0.3 is 0 Å². The number of benzene rings is 1. The van der Waals surface area contributed by atoms with Gasteiger partial charge in [0, 0.05) is 55.2 Å². The van der Waals surface area contributed by atoms with Crippen molar-refractivity contribution in [2.75, 3.05) is 31.9 Å². The van der Waals surface area contributed by atoms with Gasteiger partial charge in [0.05, 0.1) is 22.5 Å². The first kappa shape index (κ1) is 25.8. The summed E-state index contributed by atoms with van der Waals surface area (Å²) in [6.45, 7) is 6.79. The summed E-state index contributed by atoms with van der Waals surface area (Å²) in [5.41, 5.74) is 9.94. The Balaban J connectivity index is 1.40. The summed E-state index contributed by atoms with van der Waals surface area (Å²) in [7, 11) is 0. The Hall–Kier alpha value is -3.83. The van der Waals surface area contributed by atoms with Gasteiger partial charge in [0.1, 0.15) is 5.82 Å². The van der Waals surface area contributed by atoms with Crippen LogP contribution in [0.25, 0.3) is 11.3 Å². The maximum absolute atomic E-state index is 15.4. The molecule has 1 amide bonds. The zero-order chi connectivity index (χ0) is 26.6. The van der Waals surface area contributed by atoms with Crippen LogP contribution in [-0.2, 0) is 6.42 Å². The highest BCUT2D eigenvalue weighted by molar-refractivity contribution is 5.95. The topological polar surface area (TPSA) is 88.2 Å². The molecule has 1 saturated carbocycles. The summed E-state index contributed by atoms with van der Waals surface area (Å²) in [4.78, 5) is 30.5. The van der Waals surface area contributed by atoms with Crippen molar-refractivity contribution < 1.29 is 9.18 Å². The van der Waals surface area contributed by atoms with Gasteiger partial charge in [-0.15, -0.1) is 0 Å². The lowest BCUT2D eigenvalue weighted by molar-refractivity contribution is 0.0569. The first-order chi connectivity index (χ1) is 18.4. The molecule has 3 aromatic rings. The predicted molar refractivity (Wildman–Crippen MR) is 146 cm³/mol. The molecule has 0 bridgehead atoms. The normalized spacial score (nSPS) is 16.3. The summed E-state index contributed by atoms with van der Waals surface area (Å²) in [5, 5.41) is 0. The van der Waals surface area contributed by atoms with Gasteiger partial charge in [-0.3, -0.25) is 14.7 Å². The Morgan fingerprint density at radius 3 is 2.50 bits per heavy atom. The molecule has 3 heterocycles. The lowest BCUT2D eigenvalue weighted by Gasteiger charge is -2.38. The van der Waals surface area contributed by atoms with Crippen LogP contribution in [0.15, 0.2) is 36.5 Å². The van der Waals surface area contributed by atoms with Gasteiger partial charge in [0.25, 0.3) is 5.91 Å². The number of amides is 1. The van der Waals surface area contributed by atoms with Crippen LogP contribution in [0.4, 0.5) is 10.3 Å². The number of nitrogen functional groups attached to an aromatic ring is 1. The summed E-state index contributed by atoms with van der Waals surface area (Å²) >= 11 is 0. The third-order valence-corrected chi connectivity index (χ3v) is 7.49. The molecule has 1 aliphatic carbocycles. The number of hydrogen-bond donors (Lipinski definition) is 1. The molecule has 196 valence electrons. The molecule has 2 fully saturated rings. The zero-order valence-electron chi connectivity index (χ0n) is 22.0. The highest BCUT2D eigenvalue weighted by Gasteiger charge is 2.29.